The van der Waals surface area contributed by atoms with Gasteiger partial charge in [0.15, 0.2) is 0 Å². The normalized spacial score (nSPS) is 17.2. The first kappa shape index (κ1) is 13.9. The summed E-state index contributed by atoms with van der Waals surface area (Å²) in [5.41, 5.74) is 0. The summed E-state index contributed by atoms with van der Waals surface area (Å²) in [4.78, 5) is 0. The van der Waals surface area contributed by atoms with Gasteiger partial charge in [-0.25, -0.2) is 0 Å². The molecule has 0 bridgehead atoms. The van der Waals surface area contributed by atoms with Crippen LogP contribution in [0.2, 0.25) is 0 Å². The van der Waals surface area contributed by atoms with Gasteiger partial charge in [-0.05, 0) is 18.8 Å². The summed E-state index contributed by atoms with van der Waals surface area (Å²) in [5, 5.41) is 8.52. The van der Waals surface area contributed by atoms with Crippen LogP contribution < -0.4 is 0 Å². The number of aromatic nitrogens is 3. The van der Waals surface area contributed by atoms with Crippen LogP contribution in [0.5, 0.6) is 0 Å². The maximum atomic E-state index is 5.91. The molecule has 0 N–H and O–H groups in total. The van der Waals surface area contributed by atoms with Crippen molar-refractivity contribution in [2.75, 3.05) is 0 Å². The van der Waals surface area contributed by atoms with E-state index in [1.807, 2.05) is 0 Å². The van der Waals surface area contributed by atoms with Crippen molar-refractivity contribution < 1.29 is 0 Å². The minimum absolute atomic E-state index is 0.469. The number of nitrogens with zero attached hydrogens (tertiary/aromatic N) is 3. The quantitative estimate of drug-likeness (QED) is 0.733. The summed E-state index contributed by atoms with van der Waals surface area (Å²) in [6, 6.07) is 0. The predicted molar refractivity (Wildman–Crippen MR) is 74.8 cm³/mol. The van der Waals surface area contributed by atoms with E-state index in [0.29, 0.717) is 5.88 Å². The SMILES string of the molecule is CCCn1c(CCl)nnc1CCC1CCCCC1. The zero-order chi connectivity index (χ0) is 12.8. The highest BCUT2D eigenvalue weighted by Gasteiger charge is 2.16. The third kappa shape index (κ3) is 3.47. The van der Waals surface area contributed by atoms with Gasteiger partial charge in [0, 0.05) is 13.0 Å². The van der Waals surface area contributed by atoms with E-state index in [0.717, 1.165) is 37.0 Å². The molecule has 3 nitrogen and oxygen atoms in total. The van der Waals surface area contributed by atoms with Gasteiger partial charge < -0.3 is 4.57 Å². The number of halogens is 1. The van der Waals surface area contributed by atoms with Gasteiger partial charge in [-0.1, -0.05) is 39.0 Å². The van der Waals surface area contributed by atoms with Crippen LogP contribution in [0.25, 0.3) is 0 Å². The third-order valence-electron chi connectivity index (χ3n) is 3.97. The summed E-state index contributed by atoms with van der Waals surface area (Å²) in [6.07, 6.45) is 10.5. The maximum absolute atomic E-state index is 5.91. The average Bonchev–Trinajstić information content (AvgIpc) is 2.80. The summed E-state index contributed by atoms with van der Waals surface area (Å²) >= 11 is 5.91. The molecule has 1 heterocycles. The van der Waals surface area contributed by atoms with E-state index in [2.05, 4.69) is 21.7 Å². The molecule has 102 valence electrons. The van der Waals surface area contributed by atoms with Crippen molar-refractivity contribution in [3.8, 4) is 0 Å². The molecule has 0 aromatic carbocycles. The topological polar surface area (TPSA) is 30.7 Å². The number of hydrogen-bond acceptors (Lipinski definition) is 2. The molecule has 1 aliphatic carbocycles. The van der Waals surface area contributed by atoms with Gasteiger partial charge in [0.05, 0.1) is 5.88 Å². The van der Waals surface area contributed by atoms with Crippen LogP contribution in [0, 0.1) is 5.92 Å². The second kappa shape index (κ2) is 7.13. The molecule has 0 unspecified atom stereocenters. The Hall–Kier alpha value is -0.570. The molecule has 0 atom stereocenters. The summed E-state index contributed by atoms with van der Waals surface area (Å²) in [6.45, 7) is 3.18. The molecule has 0 radical (unpaired) electrons. The van der Waals surface area contributed by atoms with Crippen LogP contribution >= 0.6 is 11.6 Å². The summed E-state index contributed by atoms with van der Waals surface area (Å²) in [5.74, 6) is 3.44. The molecule has 1 aromatic rings. The maximum Gasteiger partial charge on any atom is 0.147 e. The van der Waals surface area contributed by atoms with Crippen molar-refractivity contribution in [1.82, 2.24) is 14.8 Å². The monoisotopic (exact) mass is 269 g/mol. The molecule has 2 rings (SSSR count). The lowest BCUT2D eigenvalue weighted by molar-refractivity contribution is 0.335. The molecule has 0 amide bonds. The van der Waals surface area contributed by atoms with Gasteiger partial charge in [0.25, 0.3) is 0 Å². The van der Waals surface area contributed by atoms with Gasteiger partial charge in [-0.15, -0.1) is 21.8 Å². The summed E-state index contributed by atoms with van der Waals surface area (Å²) in [7, 11) is 0. The van der Waals surface area contributed by atoms with Crippen LogP contribution in [0.1, 0.15) is 63.5 Å². The van der Waals surface area contributed by atoms with Crippen molar-refractivity contribution in [3.63, 3.8) is 0 Å². The molecular weight excluding hydrogens is 246 g/mol. The van der Waals surface area contributed by atoms with E-state index < -0.39 is 0 Å². The zero-order valence-corrected chi connectivity index (χ0v) is 12.1. The first-order valence-corrected chi connectivity index (χ1v) is 7.85. The highest BCUT2D eigenvalue weighted by molar-refractivity contribution is 6.16. The van der Waals surface area contributed by atoms with Crippen molar-refractivity contribution in [1.29, 1.82) is 0 Å². The molecule has 1 fully saturated rings. The van der Waals surface area contributed by atoms with Gasteiger partial charge >= 0.3 is 0 Å². The van der Waals surface area contributed by atoms with E-state index in [1.54, 1.807) is 0 Å². The molecule has 0 saturated heterocycles. The Balaban J connectivity index is 1.93. The van der Waals surface area contributed by atoms with Crippen molar-refractivity contribution >= 4 is 11.6 Å². The van der Waals surface area contributed by atoms with Crippen LogP contribution in [0.15, 0.2) is 0 Å². The zero-order valence-electron chi connectivity index (χ0n) is 11.4. The van der Waals surface area contributed by atoms with E-state index in [9.17, 15) is 0 Å². The van der Waals surface area contributed by atoms with Crippen molar-refractivity contribution in [3.05, 3.63) is 11.6 Å². The largest absolute Gasteiger partial charge is 0.314 e. The molecule has 0 spiro atoms. The molecule has 4 heteroatoms. The van der Waals surface area contributed by atoms with E-state index >= 15 is 0 Å². The predicted octanol–water partition coefficient (Wildman–Crippen LogP) is 3.94. The van der Waals surface area contributed by atoms with Crippen LogP contribution in [-0.4, -0.2) is 14.8 Å². The van der Waals surface area contributed by atoms with Gasteiger partial charge in [0.2, 0.25) is 0 Å². The Kier molecular flexibility index (Phi) is 5.48. The van der Waals surface area contributed by atoms with Gasteiger partial charge in [-0.2, -0.15) is 0 Å². The lowest BCUT2D eigenvalue weighted by Gasteiger charge is -2.21. The standard InChI is InChI=1S/C14H24ClN3/c1-2-10-18-13(16-17-14(18)11-15)9-8-12-6-4-3-5-7-12/h12H,2-11H2,1H3. The highest BCUT2D eigenvalue weighted by Crippen LogP contribution is 2.27. The first-order valence-electron chi connectivity index (χ1n) is 7.32. The van der Waals surface area contributed by atoms with Crippen molar-refractivity contribution in [2.24, 2.45) is 5.92 Å². The van der Waals surface area contributed by atoms with Crippen molar-refractivity contribution in [2.45, 2.75) is 70.7 Å². The fourth-order valence-electron chi connectivity index (χ4n) is 2.95. The van der Waals surface area contributed by atoms with Crippen LogP contribution in [0.4, 0.5) is 0 Å². The van der Waals surface area contributed by atoms with E-state index in [1.165, 1.54) is 38.5 Å². The average molecular weight is 270 g/mol. The Bertz CT molecular complexity index is 356. The number of aryl methyl sites for hydroxylation is 1. The molecule has 18 heavy (non-hydrogen) atoms. The minimum Gasteiger partial charge on any atom is -0.314 e. The lowest BCUT2D eigenvalue weighted by Crippen LogP contribution is -2.11. The van der Waals surface area contributed by atoms with Crippen LogP contribution in [0.3, 0.4) is 0 Å². The molecule has 1 aliphatic rings. The number of rotatable bonds is 6. The summed E-state index contributed by atoms with van der Waals surface area (Å²) < 4.78 is 2.22. The van der Waals surface area contributed by atoms with Gasteiger partial charge in [0.1, 0.15) is 11.6 Å². The second-order valence-corrected chi connectivity index (χ2v) is 5.63. The molecular formula is C14H24ClN3. The Morgan fingerprint density at radius 1 is 1.17 bits per heavy atom. The highest BCUT2D eigenvalue weighted by atomic mass is 35.5. The molecule has 1 aromatic heterocycles. The first-order chi connectivity index (χ1) is 8.85. The van der Waals surface area contributed by atoms with Gasteiger partial charge in [-0.3, -0.25) is 0 Å². The minimum atomic E-state index is 0.469. The Morgan fingerprint density at radius 2 is 1.89 bits per heavy atom. The van der Waals surface area contributed by atoms with E-state index in [4.69, 9.17) is 11.6 Å². The lowest BCUT2D eigenvalue weighted by atomic mass is 9.86. The number of alkyl halides is 1. The third-order valence-corrected chi connectivity index (χ3v) is 4.21. The molecule has 0 aliphatic heterocycles. The molecule has 1 saturated carbocycles. The smallest absolute Gasteiger partial charge is 0.147 e. The van der Waals surface area contributed by atoms with Crippen LogP contribution in [-0.2, 0) is 18.8 Å². The fourth-order valence-corrected chi connectivity index (χ4v) is 3.14. The fraction of sp³-hybridized carbons (Fsp3) is 0.857. The second-order valence-electron chi connectivity index (χ2n) is 5.36. The number of hydrogen-bond donors (Lipinski definition) is 0. The van der Waals surface area contributed by atoms with E-state index in [-0.39, 0.29) is 0 Å². The Labute approximate surface area is 115 Å². The Morgan fingerprint density at radius 3 is 2.56 bits per heavy atom.